The van der Waals surface area contributed by atoms with Gasteiger partial charge >= 0.3 is 6.09 Å². The van der Waals surface area contributed by atoms with Crippen LogP contribution in [0.4, 0.5) is 4.79 Å². The minimum absolute atomic E-state index is 0.155. The Morgan fingerprint density at radius 1 is 0.951 bits per heavy atom. The normalized spacial score (nSPS) is 18.8. The number of sulfonamides is 1. The second-order valence-electron chi connectivity index (χ2n) is 10.0. The summed E-state index contributed by atoms with van der Waals surface area (Å²) in [4.78, 5) is 29.6. The summed E-state index contributed by atoms with van der Waals surface area (Å²) < 4.78 is 35.6. The first-order valence-electron chi connectivity index (χ1n) is 13.5. The molecular formula is C32H29N3O5S. The lowest BCUT2D eigenvalue weighted by Gasteiger charge is -2.35. The van der Waals surface area contributed by atoms with Crippen LogP contribution in [0.15, 0.2) is 109 Å². The van der Waals surface area contributed by atoms with E-state index in [1.807, 2.05) is 36.4 Å². The predicted molar refractivity (Wildman–Crippen MR) is 157 cm³/mol. The molecule has 2 atom stereocenters. The molecule has 1 unspecified atom stereocenters. The molecule has 1 aromatic heterocycles. The molecule has 41 heavy (non-hydrogen) atoms. The maximum atomic E-state index is 14.2. The molecule has 208 valence electrons. The van der Waals surface area contributed by atoms with Crippen LogP contribution in [0.5, 0.6) is 5.75 Å². The third kappa shape index (κ3) is 4.67. The summed E-state index contributed by atoms with van der Waals surface area (Å²) in [6.07, 6.45) is 5.93. The van der Waals surface area contributed by atoms with E-state index in [0.717, 1.165) is 10.9 Å². The zero-order chi connectivity index (χ0) is 28.6. The standard InChI is InChI=1S/C32H29N3O5S/c1-2-12-28-30-26(25-17-9-10-18-27(25)35(30)32(37)40-23-13-5-3-6-14-23)20-22-33(28)31(36)29-19-11-21-34(29)41(38,39)24-15-7-4-8-16-24/h2-10,13-18,20,22,28-29H,1,11-12,19,21H2/t28?,29-/m0/s1. The molecule has 0 N–H and O–H groups in total. The molecule has 3 aromatic carbocycles. The van der Waals surface area contributed by atoms with Crippen LogP contribution in [0.25, 0.3) is 17.0 Å². The number of amides is 1. The highest BCUT2D eigenvalue weighted by molar-refractivity contribution is 7.89. The van der Waals surface area contributed by atoms with Crippen LogP contribution in [-0.2, 0) is 14.8 Å². The number of para-hydroxylation sites is 2. The Morgan fingerprint density at radius 3 is 2.37 bits per heavy atom. The zero-order valence-electron chi connectivity index (χ0n) is 22.3. The number of nitrogens with zero attached hydrogens (tertiary/aromatic N) is 3. The lowest BCUT2D eigenvalue weighted by atomic mass is 9.98. The van der Waals surface area contributed by atoms with Gasteiger partial charge in [-0.2, -0.15) is 4.31 Å². The van der Waals surface area contributed by atoms with Crippen molar-refractivity contribution in [3.05, 3.63) is 115 Å². The van der Waals surface area contributed by atoms with Crippen molar-refractivity contribution in [3.63, 3.8) is 0 Å². The van der Waals surface area contributed by atoms with E-state index in [9.17, 15) is 18.0 Å². The summed E-state index contributed by atoms with van der Waals surface area (Å²) in [7, 11) is -3.88. The highest BCUT2D eigenvalue weighted by atomic mass is 32.2. The molecule has 1 amide bonds. The molecule has 2 aliphatic rings. The minimum atomic E-state index is -3.88. The Morgan fingerprint density at radius 2 is 1.63 bits per heavy atom. The van der Waals surface area contributed by atoms with E-state index in [4.69, 9.17) is 4.74 Å². The van der Waals surface area contributed by atoms with Gasteiger partial charge in [0.05, 0.1) is 22.1 Å². The number of hydrogen-bond acceptors (Lipinski definition) is 5. The molecule has 9 heteroatoms. The van der Waals surface area contributed by atoms with Gasteiger partial charge in [-0.05, 0) is 55.7 Å². The molecule has 0 aliphatic carbocycles. The van der Waals surface area contributed by atoms with E-state index in [0.29, 0.717) is 36.2 Å². The van der Waals surface area contributed by atoms with Crippen molar-refractivity contribution in [2.75, 3.05) is 6.54 Å². The second-order valence-corrected chi connectivity index (χ2v) is 11.9. The molecule has 4 aromatic rings. The van der Waals surface area contributed by atoms with Gasteiger partial charge in [-0.1, -0.05) is 60.7 Å². The average Bonchev–Trinajstić information content (AvgIpc) is 3.62. The maximum Gasteiger partial charge on any atom is 0.424 e. The van der Waals surface area contributed by atoms with Gasteiger partial charge in [0.15, 0.2) is 0 Å². The SMILES string of the molecule is C=CCC1c2c(c3ccccc3n2C(=O)Oc2ccccc2)C=CN1C(=O)[C@@H]1CCCN1S(=O)(=O)c1ccccc1. The number of fused-ring (bicyclic) bond motifs is 3. The van der Waals surface area contributed by atoms with Gasteiger partial charge in [0.2, 0.25) is 15.9 Å². The number of rotatable bonds is 6. The molecule has 2 aliphatic heterocycles. The monoisotopic (exact) mass is 567 g/mol. The van der Waals surface area contributed by atoms with Crippen molar-refractivity contribution in [1.82, 2.24) is 13.8 Å². The summed E-state index contributed by atoms with van der Waals surface area (Å²) in [6.45, 7) is 4.17. The van der Waals surface area contributed by atoms with Crippen LogP contribution < -0.4 is 4.74 Å². The fourth-order valence-electron chi connectivity index (χ4n) is 5.80. The summed E-state index contributed by atoms with van der Waals surface area (Å²) in [5, 5.41) is 0.846. The lowest BCUT2D eigenvalue weighted by Crippen LogP contribution is -2.48. The fraction of sp³-hybridized carbons (Fsp3) is 0.188. The van der Waals surface area contributed by atoms with E-state index < -0.39 is 28.2 Å². The molecule has 6 rings (SSSR count). The number of ether oxygens (including phenoxy) is 1. The average molecular weight is 568 g/mol. The summed E-state index contributed by atoms with van der Waals surface area (Å²) in [6, 6.07) is 23.0. The minimum Gasteiger partial charge on any atom is -0.410 e. The smallest absolute Gasteiger partial charge is 0.410 e. The molecule has 0 spiro atoms. The van der Waals surface area contributed by atoms with Crippen LogP contribution in [0, 0.1) is 0 Å². The van der Waals surface area contributed by atoms with Gasteiger partial charge in [-0.3, -0.25) is 4.79 Å². The number of aromatic nitrogens is 1. The van der Waals surface area contributed by atoms with Crippen LogP contribution >= 0.6 is 0 Å². The topological polar surface area (TPSA) is 88.9 Å². The Bertz CT molecular complexity index is 1760. The molecule has 0 radical (unpaired) electrons. The molecule has 8 nitrogen and oxygen atoms in total. The van der Waals surface area contributed by atoms with Crippen LogP contribution in [-0.4, -0.2) is 46.8 Å². The quantitative estimate of drug-likeness (QED) is 0.268. The number of benzene rings is 3. The molecule has 1 fully saturated rings. The van der Waals surface area contributed by atoms with E-state index in [2.05, 4.69) is 6.58 Å². The first kappa shape index (κ1) is 26.7. The van der Waals surface area contributed by atoms with Crippen molar-refractivity contribution in [2.45, 2.75) is 36.2 Å². The predicted octanol–water partition coefficient (Wildman–Crippen LogP) is 5.97. The largest absolute Gasteiger partial charge is 0.424 e. The fourth-order valence-corrected chi connectivity index (χ4v) is 7.47. The summed E-state index contributed by atoms with van der Waals surface area (Å²) >= 11 is 0. The molecule has 0 saturated carbocycles. The third-order valence-corrected chi connectivity index (χ3v) is 9.54. The van der Waals surface area contributed by atoms with E-state index in [-0.39, 0.29) is 17.3 Å². The van der Waals surface area contributed by atoms with Gasteiger partial charge in [-0.15, -0.1) is 6.58 Å². The Kier molecular flexibility index (Phi) is 7.07. The molecular weight excluding hydrogens is 538 g/mol. The van der Waals surface area contributed by atoms with Crippen molar-refractivity contribution in [2.24, 2.45) is 0 Å². The Hall–Kier alpha value is -4.47. The number of carbonyl (C=O) groups excluding carboxylic acids is 2. The van der Waals surface area contributed by atoms with Gasteiger partial charge in [-0.25, -0.2) is 17.8 Å². The van der Waals surface area contributed by atoms with Crippen LogP contribution in [0.1, 0.15) is 36.6 Å². The van der Waals surface area contributed by atoms with Crippen molar-refractivity contribution in [1.29, 1.82) is 0 Å². The molecule has 1 saturated heterocycles. The third-order valence-electron chi connectivity index (χ3n) is 7.62. The maximum absolute atomic E-state index is 14.2. The van der Waals surface area contributed by atoms with Gasteiger partial charge in [0.1, 0.15) is 11.8 Å². The van der Waals surface area contributed by atoms with Crippen molar-refractivity contribution >= 4 is 39.0 Å². The first-order valence-corrected chi connectivity index (χ1v) is 14.9. The summed E-state index contributed by atoms with van der Waals surface area (Å²) in [5.74, 6) is 0.0558. The highest BCUT2D eigenvalue weighted by Crippen LogP contribution is 2.41. The van der Waals surface area contributed by atoms with Crippen molar-refractivity contribution < 1.29 is 22.7 Å². The van der Waals surface area contributed by atoms with E-state index in [1.165, 1.54) is 8.87 Å². The van der Waals surface area contributed by atoms with Gasteiger partial charge in [0.25, 0.3) is 0 Å². The molecule has 3 heterocycles. The lowest BCUT2D eigenvalue weighted by molar-refractivity contribution is -0.134. The van der Waals surface area contributed by atoms with E-state index >= 15 is 0 Å². The van der Waals surface area contributed by atoms with Crippen LogP contribution in [0.3, 0.4) is 0 Å². The van der Waals surface area contributed by atoms with Gasteiger partial charge < -0.3 is 9.64 Å². The zero-order valence-corrected chi connectivity index (χ0v) is 23.1. The molecule has 0 bridgehead atoms. The first-order chi connectivity index (χ1) is 19.9. The van der Waals surface area contributed by atoms with Gasteiger partial charge in [0, 0.05) is 23.7 Å². The second kappa shape index (κ2) is 10.8. The summed E-state index contributed by atoms with van der Waals surface area (Å²) in [5.41, 5.74) is 2.06. The Labute approximate surface area is 238 Å². The number of hydrogen-bond donors (Lipinski definition) is 0. The van der Waals surface area contributed by atoms with Crippen molar-refractivity contribution in [3.8, 4) is 5.75 Å². The number of carbonyl (C=O) groups is 2. The van der Waals surface area contributed by atoms with Crippen LogP contribution in [0.2, 0.25) is 0 Å². The highest BCUT2D eigenvalue weighted by Gasteiger charge is 2.44. The van der Waals surface area contributed by atoms with E-state index in [1.54, 1.807) is 71.8 Å². The Balaban J connectivity index is 1.41.